The van der Waals surface area contributed by atoms with Crippen molar-refractivity contribution < 1.29 is 19.1 Å². The lowest BCUT2D eigenvalue weighted by Gasteiger charge is -2.33. The van der Waals surface area contributed by atoms with Crippen LogP contribution in [0.4, 0.5) is 4.79 Å². The maximum absolute atomic E-state index is 12.8. The fourth-order valence-electron chi connectivity index (χ4n) is 3.73. The van der Waals surface area contributed by atoms with Crippen LogP contribution in [0.15, 0.2) is 0 Å². The molecule has 6 heteroatoms. The molecule has 0 aromatic rings. The van der Waals surface area contributed by atoms with Crippen LogP contribution in [0, 0.1) is 5.92 Å². The monoisotopic (exact) mass is 340 g/mol. The van der Waals surface area contributed by atoms with Crippen LogP contribution < -0.4 is 0 Å². The smallest absolute Gasteiger partial charge is 0.410 e. The zero-order valence-electron chi connectivity index (χ0n) is 15.5. The van der Waals surface area contributed by atoms with Crippen LogP contribution in [0.2, 0.25) is 0 Å². The number of hydrogen-bond donors (Lipinski definition) is 0. The van der Waals surface area contributed by atoms with Crippen LogP contribution in [0.3, 0.4) is 0 Å². The van der Waals surface area contributed by atoms with Crippen molar-refractivity contribution in [3.63, 3.8) is 0 Å². The third kappa shape index (κ3) is 5.10. The molecule has 2 atom stereocenters. The summed E-state index contributed by atoms with van der Waals surface area (Å²) in [5.74, 6) is 0.683. The van der Waals surface area contributed by atoms with E-state index in [0.29, 0.717) is 25.1 Å². The van der Waals surface area contributed by atoms with E-state index in [9.17, 15) is 9.59 Å². The Kier molecular flexibility index (Phi) is 6.49. The van der Waals surface area contributed by atoms with Crippen molar-refractivity contribution in [2.45, 2.75) is 64.5 Å². The van der Waals surface area contributed by atoms with E-state index in [4.69, 9.17) is 9.47 Å². The highest BCUT2D eigenvalue weighted by molar-refractivity contribution is 5.83. The average molecular weight is 340 g/mol. The molecule has 1 aliphatic heterocycles. The number of nitrogens with zero attached hydrogens (tertiary/aromatic N) is 2. The maximum Gasteiger partial charge on any atom is 0.410 e. The summed E-state index contributed by atoms with van der Waals surface area (Å²) < 4.78 is 10.5. The number of rotatable bonds is 5. The van der Waals surface area contributed by atoms with Gasteiger partial charge in [-0.05, 0) is 46.0 Å². The van der Waals surface area contributed by atoms with Crippen molar-refractivity contribution in [2.24, 2.45) is 5.92 Å². The van der Waals surface area contributed by atoms with E-state index < -0.39 is 11.7 Å². The van der Waals surface area contributed by atoms with Crippen molar-refractivity contribution in [3.8, 4) is 0 Å². The number of methoxy groups -OCH3 is 1. The predicted molar refractivity (Wildman–Crippen MR) is 91.8 cm³/mol. The molecule has 24 heavy (non-hydrogen) atoms. The van der Waals surface area contributed by atoms with Gasteiger partial charge in [0.2, 0.25) is 5.91 Å². The fourth-order valence-corrected chi connectivity index (χ4v) is 3.73. The highest BCUT2D eigenvalue weighted by Gasteiger charge is 2.38. The molecule has 1 aliphatic carbocycles. The van der Waals surface area contributed by atoms with Crippen molar-refractivity contribution in [2.75, 3.05) is 33.4 Å². The molecule has 2 rings (SSSR count). The summed E-state index contributed by atoms with van der Waals surface area (Å²) >= 11 is 0. The Morgan fingerprint density at radius 3 is 2.54 bits per heavy atom. The molecule has 2 unspecified atom stereocenters. The summed E-state index contributed by atoms with van der Waals surface area (Å²) in [6.45, 7) is 7.12. The minimum atomic E-state index is -0.576. The van der Waals surface area contributed by atoms with Gasteiger partial charge >= 0.3 is 6.09 Å². The number of likely N-dealkylation sites (tertiary alicyclic amines) is 1. The molecule has 138 valence electrons. The first-order valence-corrected chi connectivity index (χ1v) is 9.08. The molecular formula is C18H32N2O4. The van der Waals surface area contributed by atoms with Gasteiger partial charge in [-0.25, -0.2) is 4.79 Å². The van der Waals surface area contributed by atoms with Crippen molar-refractivity contribution in [1.29, 1.82) is 0 Å². The van der Waals surface area contributed by atoms with Gasteiger partial charge in [-0.15, -0.1) is 0 Å². The number of hydrogen-bond acceptors (Lipinski definition) is 4. The van der Waals surface area contributed by atoms with Gasteiger partial charge in [-0.3, -0.25) is 9.69 Å². The first-order valence-electron chi connectivity index (χ1n) is 9.08. The zero-order chi connectivity index (χ0) is 17.7. The van der Waals surface area contributed by atoms with Gasteiger partial charge in [0, 0.05) is 26.2 Å². The van der Waals surface area contributed by atoms with Crippen LogP contribution in [0.5, 0.6) is 0 Å². The SMILES string of the molecule is COCCN(CC(=O)N1CCC2CCCCC21)C(=O)OC(C)(C)C. The number of carbonyl (C=O) groups is 2. The zero-order valence-corrected chi connectivity index (χ0v) is 15.5. The fraction of sp³-hybridized carbons (Fsp3) is 0.889. The standard InChI is InChI=1S/C18H32N2O4/c1-18(2,3)24-17(22)19(11-12-23-4)13-16(21)20-10-9-14-7-5-6-8-15(14)20/h14-15H,5-13H2,1-4H3. The number of fused-ring (bicyclic) bond motifs is 1. The molecule has 2 fully saturated rings. The Morgan fingerprint density at radius 2 is 1.88 bits per heavy atom. The Balaban J connectivity index is 1.97. The molecule has 1 heterocycles. The van der Waals surface area contributed by atoms with Gasteiger partial charge in [0.15, 0.2) is 0 Å². The van der Waals surface area contributed by atoms with Crippen molar-refractivity contribution in [3.05, 3.63) is 0 Å². The van der Waals surface area contributed by atoms with Crippen LogP contribution in [0.25, 0.3) is 0 Å². The summed E-state index contributed by atoms with van der Waals surface area (Å²) in [5, 5.41) is 0. The number of amides is 2. The molecule has 1 saturated carbocycles. The van der Waals surface area contributed by atoms with Crippen LogP contribution in [0.1, 0.15) is 52.9 Å². The Bertz CT molecular complexity index is 447. The summed E-state index contributed by atoms with van der Waals surface area (Å²) in [5.41, 5.74) is -0.576. The van der Waals surface area contributed by atoms with E-state index in [-0.39, 0.29) is 12.5 Å². The van der Waals surface area contributed by atoms with Gasteiger partial charge < -0.3 is 14.4 Å². The van der Waals surface area contributed by atoms with Crippen molar-refractivity contribution >= 4 is 12.0 Å². The summed E-state index contributed by atoms with van der Waals surface area (Å²) in [6, 6.07) is 0.370. The summed E-state index contributed by atoms with van der Waals surface area (Å²) in [4.78, 5) is 28.6. The minimum absolute atomic E-state index is 0.0337. The second-order valence-corrected chi connectivity index (χ2v) is 7.88. The second kappa shape index (κ2) is 8.19. The number of ether oxygens (including phenoxy) is 2. The van der Waals surface area contributed by atoms with E-state index in [1.54, 1.807) is 7.11 Å². The lowest BCUT2D eigenvalue weighted by atomic mass is 9.85. The quantitative estimate of drug-likeness (QED) is 0.772. The predicted octanol–water partition coefficient (Wildman–Crippen LogP) is 2.66. The minimum Gasteiger partial charge on any atom is -0.444 e. The van der Waals surface area contributed by atoms with Crippen LogP contribution in [-0.2, 0) is 14.3 Å². The van der Waals surface area contributed by atoms with E-state index in [2.05, 4.69) is 0 Å². The van der Waals surface area contributed by atoms with E-state index >= 15 is 0 Å². The highest BCUT2D eigenvalue weighted by atomic mass is 16.6. The van der Waals surface area contributed by atoms with E-state index in [1.165, 1.54) is 24.2 Å². The van der Waals surface area contributed by atoms with Crippen LogP contribution in [-0.4, -0.2) is 66.8 Å². The summed E-state index contributed by atoms with van der Waals surface area (Å²) in [6.07, 6.45) is 5.45. The topological polar surface area (TPSA) is 59.1 Å². The van der Waals surface area contributed by atoms with Gasteiger partial charge in [-0.2, -0.15) is 0 Å². The maximum atomic E-state index is 12.8. The highest BCUT2D eigenvalue weighted by Crippen LogP contribution is 2.36. The van der Waals surface area contributed by atoms with Gasteiger partial charge in [-0.1, -0.05) is 12.8 Å². The molecule has 0 aromatic heterocycles. The van der Waals surface area contributed by atoms with Crippen molar-refractivity contribution in [1.82, 2.24) is 9.80 Å². The van der Waals surface area contributed by atoms with E-state index in [0.717, 1.165) is 19.4 Å². The molecule has 0 N–H and O–H groups in total. The van der Waals surface area contributed by atoms with Gasteiger partial charge in [0.1, 0.15) is 12.1 Å². The summed E-state index contributed by atoms with van der Waals surface area (Å²) in [7, 11) is 1.59. The third-order valence-electron chi connectivity index (χ3n) is 4.87. The molecule has 2 aliphatic rings. The first kappa shape index (κ1) is 19.0. The lowest BCUT2D eigenvalue weighted by Crippen LogP contribution is -2.48. The van der Waals surface area contributed by atoms with Gasteiger partial charge in [0.05, 0.1) is 6.61 Å². The molecule has 0 radical (unpaired) electrons. The average Bonchev–Trinajstić information content (AvgIpc) is 2.93. The Labute approximate surface area is 145 Å². The molecule has 0 aromatic carbocycles. The number of carbonyl (C=O) groups excluding carboxylic acids is 2. The molecule has 0 spiro atoms. The normalized spacial score (nSPS) is 23.8. The molecule has 1 saturated heterocycles. The largest absolute Gasteiger partial charge is 0.444 e. The molecule has 2 amide bonds. The van der Waals surface area contributed by atoms with Crippen LogP contribution >= 0.6 is 0 Å². The molecule has 0 bridgehead atoms. The Morgan fingerprint density at radius 1 is 1.17 bits per heavy atom. The Hall–Kier alpha value is -1.30. The van der Waals surface area contributed by atoms with Gasteiger partial charge in [0.25, 0.3) is 0 Å². The first-order chi connectivity index (χ1) is 11.3. The molecule has 6 nitrogen and oxygen atoms in total. The molecular weight excluding hydrogens is 308 g/mol. The third-order valence-corrected chi connectivity index (χ3v) is 4.87. The second-order valence-electron chi connectivity index (χ2n) is 7.88. The lowest BCUT2D eigenvalue weighted by molar-refractivity contribution is -0.134. The van der Waals surface area contributed by atoms with E-state index in [1.807, 2.05) is 25.7 Å².